The zero-order chi connectivity index (χ0) is 23.9. The van der Waals surface area contributed by atoms with E-state index < -0.39 is 0 Å². The molecule has 3 aromatic rings. The Morgan fingerprint density at radius 3 is 2.62 bits per heavy atom. The van der Waals surface area contributed by atoms with Crippen molar-refractivity contribution in [2.45, 2.75) is 12.8 Å². The van der Waals surface area contributed by atoms with Gasteiger partial charge in [-0.2, -0.15) is 5.26 Å². The molecule has 1 aliphatic heterocycles. The van der Waals surface area contributed by atoms with Crippen molar-refractivity contribution in [3.05, 3.63) is 67.1 Å². The van der Waals surface area contributed by atoms with Crippen LogP contribution in [0.4, 0.5) is 11.6 Å². The lowest BCUT2D eigenvalue weighted by Gasteiger charge is -2.32. The number of hydrogen-bond donors (Lipinski definition) is 2. The fraction of sp³-hybridized carbons (Fsp3) is 0.240. The van der Waals surface area contributed by atoms with E-state index in [0.717, 1.165) is 18.4 Å². The molecule has 0 atom stereocenters. The van der Waals surface area contributed by atoms with E-state index >= 15 is 0 Å². The van der Waals surface area contributed by atoms with Crippen LogP contribution < -0.4 is 15.8 Å². The first-order valence-electron chi connectivity index (χ1n) is 11.0. The first-order valence-corrected chi connectivity index (χ1v) is 11.0. The second-order valence-corrected chi connectivity index (χ2v) is 7.99. The van der Waals surface area contributed by atoms with Crippen LogP contribution in [0.15, 0.2) is 67.1 Å². The number of para-hydroxylation sites is 1. The monoisotopic (exact) mass is 455 g/mol. The molecule has 1 fully saturated rings. The molecule has 172 valence electrons. The Labute approximate surface area is 197 Å². The van der Waals surface area contributed by atoms with Gasteiger partial charge in [0, 0.05) is 37.5 Å². The average molecular weight is 456 g/mol. The Kier molecular flexibility index (Phi) is 6.98. The highest BCUT2D eigenvalue weighted by atomic mass is 16.5. The Hall–Kier alpha value is -4.45. The quantitative estimate of drug-likeness (QED) is 0.408. The number of nitrogens with one attached hydrogen (secondary N) is 1. The van der Waals surface area contributed by atoms with Crippen LogP contribution in [0.1, 0.15) is 12.8 Å². The van der Waals surface area contributed by atoms with Gasteiger partial charge < -0.3 is 20.7 Å². The molecule has 9 heteroatoms. The summed E-state index contributed by atoms with van der Waals surface area (Å²) in [7, 11) is 0. The highest BCUT2D eigenvalue weighted by Crippen LogP contribution is 2.32. The summed E-state index contributed by atoms with van der Waals surface area (Å²) < 4.78 is 5.76. The Balaban J connectivity index is 1.40. The number of rotatable bonds is 7. The zero-order valence-electron chi connectivity index (χ0n) is 18.6. The largest absolute Gasteiger partial charge is 0.439 e. The minimum absolute atomic E-state index is 0.0218. The molecule has 0 bridgehead atoms. The van der Waals surface area contributed by atoms with Gasteiger partial charge in [0.15, 0.2) is 0 Å². The summed E-state index contributed by atoms with van der Waals surface area (Å²) >= 11 is 0. The summed E-state index contributed by atoms with van der Waals surface area (Å²) in [6.45, 7) is 5.38. The number of hydrogen-bond acceptors (Lipinski definition) is 8. The van der Waals surface area contributed by atoms with Crippen LogP contribution in [0.3, 0.4) is 0 Å². The van der Waals surface area contributed by atoms with E-state index in [0.29, 0.717) is 54.4 Å². The molecule has 1 amide bonds. The molecule has 1 aliphatic rings. The van der Waals surface area contributed by atoms with Crippen molar-refractivity contribution in [2.75, 3.05) is 30.7 Å². The van der Waals surface area contributed by atoms with Gasteiger partial charge in [-0.3, -0.25) is 4.79 Å². The maximum atomic E-state index is 12.1. The molecule has 0 saturated carbocycles. The van der Waals surface area contributed by atoms with Gasteiger partial charge in [-0.15, -0.1) is 0 Å². The Bertz CT molecular complexity index is 1200. The van der Waals surface area contributed by atoms with Crippen LogP contribution >= 0.6 is 0 Å². The second-order valence-electron chi connectivity index (χ2n) is 7.99. The van der Waals surface area contributed by atoms with Gasteiger partial charge in [-0.05, 0) is 37.0 Å². The van der Waals surface area contributed by atoms with Gasteiger partial charge in [0.05, 0.1) is 5.56 Å². The minimum Gasteiger partial charge on any atom is -0.439 e. The molecule has 3 N–H and O–H groups in total. The lowest BCUT2D eigenvalue weighted by molar-refractivity contribution is -0.127. The highest BCUT2D eigenvalue weighted by Gasteiger charge is 2.24. The van der Waals surface area contributed by atoms with Crippen molar-refractivity contribution in [1.29, 1.82) is 5.26 Å². The molecule has 0 aliphatic carbocycles. The molecule has 34 heavy (non-hydrogen) atoms. The van der Waals surface area contributed by atoms with Crippen LogP contribution in [-0.4, -0.2) is 45.4 Å². The normalized spacial score (nSPS) is 13.7. The van der Waals surface area contributed by atoms with Gasteiger partial charge in [-0.25, -0.2) is 15.0 Å². The SMILES string of the molecule is C=C(C#N)C(=O)N1CCC(CNc2ncnc(N)c2-c2ccc(Oc3ccccc3)nc2)CC1. The number of amides is 1. The summed E-state index contributed by atoms with van der Waals surface area (Å²) in [6, 6.07) is 14.9. The number of likely N-dealkylation sites (tertiary alicyclic amines) is 1. The minimum atomic E-state index is -0.285. The number of aromatic nitrogens is 3. The molecular formula is C25H25N7O2. The molecule has 3 heterocycles. The number of benzene rings is 1. The lowest BCUT2D eigenvalue weighted by atomic mass is 9.96. The number of pyridine rings is 1. The van der Waals surface area contributed by atoms with Gasteiger partial charge in [0.1, 0.15) is 35.4 Å². The van der Waals surface area contributed by atoms with Gasteiger partial charge in [0.2, 0.25) is 5.88 Å². The van der Waals surface area contributed by atoms with Crippen LogP contribution in [0, 0.1) is 17.2 Å². The summed E-state index contributed by atoms with van der Waals surface area (Å²) in [5.74, 6) is 2.22. The smallest absolute Gasteiger partial charge is 0.263 e. The summed E-state index contributed by atoms with van der Waals surface area (Å²) in [5.41, 5.74) is 7.62. The number of nitrogens with zero attached hydrogens (tertiary/aromatic N) is 5. The molecule has 0 unspecified atom stereocenters. The number of carbonyl (C=O) groups excluding carboxylic acids is 1. The van der Waals surface area contributed by atoms with Crippen LogP contribution in [-0.2, 0) is 4.79 Å². The van der Waals surface area contributed by atoms with Crippen LogP contribution in [0.2, 0.25) is 0 Å². The second kappa shape index (κ2) is 10.4. The number of carbonyl (C=O) groups is 1. The van der Waals surface area contributed by atoms with E-state index in [2.05, 4.69) is 26.8 Å². The van der Waals surface area contributed by atoms with E-state index in [1.165, 1.54) is 6.33 Å². The number of piperidine rings is 1. The van der Waals surface area contributed by atoms with Gasteiger partial charge in [-0.1, -0.05) is 24.8 Å². The highest BCUT2D eigenvalue weighted by molar-refractivity contribution is 5.96. The third-order valence-corrected chi connectivity index (χ3v) is 5.72. The van der Waals surface area contributed by atoms with Crippen molar-refractivity contribution in [1.82, 2.24) is 19.9 Å². The van der Waals surface area contributed by atoms with E-state index in [4.69, 9.17) is 15.7 Å². The van der Waals surface area contributed by atoms with E-state index in [1.54, 1.807) is 17.2 Å². The first-order chi connectivity index (χ1) is 16.5. The fourth-order valence-corrected chi connectivity index (χ4v) is 3.84. The first kappa shape index (κ1) is 22.7. The van der Waals surface area contributed by atoms with E-state index in [-0.39, 0.29) is 11.5 Å². The standard InChI is InChI=1S/C25H25N7O2/c1-17(13-26)25(33)32-11-9-18(10-12-32)14-29-24-22(23(27)30-16-31-24)19-7-8-21(28-15-19)34-20-5-3-2-4-6-20/h2-8,15-16,18H,1,9-12,14H2,(H3,27,29,30,31). The number of nitrogens with two attached hydrogens (primary N) is 1. The molecule has 1 aromatic carbocycles. The zero-order valence-corrected chi connectivity index (χ0v) is 18.6. The maximum Gasteiger partial charge on any atom is 0.263 e. The third-order valence-electron chi connectivity index (χ3n) is 5.72. The summed E-state index contributed by atoms with van der Waals surface area (Å²) in [5, 5.41) is 12.3. The van der Waals surface area contributed by atoms with E-state index in [9.17, 15) is 4.79 Å². The molecule has 9 nitrogen and oxygen atoms in total. The molecule has 4 rings (SSSR count). The molecule has 0 radical (unpaired) electrons. The number of nitrogen functional groups attached to an aromatic ring is 1. The fourth-order valence-electron chi connectivity index (χ4n) is 3.84. The van der Waals surface area contributed by atoms with Crippen molar-refractivity contribution in [2.24, 2.45) is 5.92 Å². The topological polar surface area (TPSA) is 130 Å². The molecule has 1 saturated heterocycles. The number of nitriles is 1. The van der Waals surface area contributed by atoms with Crippen LogP contribution in [0.5, 0.6) is 11.6 Å². The van der Waals surface area contributed by atoms with Crippen molar-refractivity contribution in [3.8, 4) is 28.8 Å². The molecular weight excluding hydrogens is 430 g/mol. The van der Waals surface area contributed by atoms with Gasteiger partial charge >= 0.3 is 0 Å². The molecule has 0 spiro atoms. The molecule has 2 aromatic heterocycles. The Morgan fingerprint density at radius 2 is 1.94 bits per heavy atom. The average Bonchev–Trinajstić information content (AvgIpc) is 2.88. The van der Waals surface area contributed by atoms with Crippen molar-refractivity contribution >= 4 is 17.5 Å². The van der Waals surface area contributed by atoms with E-state index in [1.807, 2.05) is 42.5 Å². The van der Waals surface area contributed by atoms with Crippen molar-refractivity contribution in [3.63, 3.8) is 0 Å². The third kappa shape index (κ3) is 5.30. The number of ether oxygens (including phenoxy) is 1. The predicted octanol–water partition coefficient (Wildman–Crippen LogP) is 3.64. The summed E-state index contributed by atoms with van der Waals surface area (Å²) in [6.07, 6.45) is 4.75. The predicted molar refractivity (Wildman–Crippen MR) is 129 cm³/mol. The maximum absolute atomic E-state index is 12.1. The number of anilines is 2. The van der Waals surface area contributed by atoms with Crippen molar-refractivity contribution < 1.29 is 9.53 Å². The van der Waals surface area contributed by atoms with Crippen LogP contribution in [0.25, 0.3) is 11.1 Å². The summed E-state index contributed by atoms with van der Waals surface area (Å²) in [4.78, 5) is 26.7. The lowest BCUT2D eigenvalue weighted by Crippen LogP contribution is -2.40. The Morgan fingerprint density at radius 1 is 1.18 bits per heavy atom. The van der Waals surface area contributed by atoms with Gasteiger partial charge in [0.25, 0.3) is 5.91 Å².